The number of esters is 1. The van der Waals surface area contributed by atoms with Crippen LogP contribution >= 0.6 is 0 Å². The summed E-state index contributed by atoms with van der Waals surface area (Å²) in [6.45, 7) is 0.973. The Labute approximate surface area is 91.6 Å². The van der Waals surface area contributed by atoms with E-state index in [1.165, 1.54) is 45.6 Å². The molecule has 1 atom stereocenters. The molecule has 15 heavy (non-hydrogen) atoms. The minimum Gasteiger partial charge on any atom is -0.468 e. The Bertz CT molecular complexity index is 222. The van der Waals surface area contributed by atoms with Crippen LogP contribution in [0, 0.1) is 11.8 Å². The highest BCUT2D eigenvalue weighted by Gasteiger charge is 2.36. The fraction of sp³-hybridized carbons (Fsp3) is 0.917. The van der Waals surface area contributed by atoms with Gasteiger partial charge in [-0.3, -0.25) is 4.79 Å². The highest BCUT2D eigenvalue weighted by atomic mass is 16.5. The van der Waals surface area contributed by atoms with Crippen molar-refractivity contribution in [1.82, 2.24) is 5.32 Å². The fourth-order valence-electron chi connectivity index (χ4n) is 2.22. The van der Waals surface area contributed by atoms with Crippen LogP contribution in [0.15, 0.2) is 0 Å². The fourth-order valence-corrected chi connectivity index (χ4v) is 2.22. The zero-order chi connectivity index (χ0) is 10.7. The van der Waals surface area contributed by atoms with E-state index in [4.69, 9.17) is 4.74 Å². The Morgan fingerprint density at radius 2 is 2.13 bits per heavy atom. The summed E-state index contributed by atoms with van der Waals surface area (Å²) in [6.07, 6.45) is 7.74. The van der Waals surface area contributed by atoms with Crippen molar-refractivity contribution in [2.24, 2.45) is 11.8 Å². The lowest BCUT2D eigenvalue weighted by Crippen LogP contribution is -2.40. The van der Waals surface area contributed by atoms with Gasteiger partial charge in [-0.05, 0) is 37.6 Å². The van der Waals surface area contributed by atoms with Crippen LogP contribution in [0.5, 0.6) is 0 Å². The molecule has 2 aliphatic carbocycles. The molecule has 2 aliphatic rings. The van der Waals surface area contributed by atoms with Crippen LogP contribution in [0.1, 0.15) is 38.5 Å². The van der Waals surface area contributed by atoms with Gasteiger partial charge in [-0.25, -0.2) is 0 Å². The Kier molecular flexibility index (Phi) is 3.62. The van der Waals surface area contributed by atoms with E-state index in [9.17, 15) is 4.79 Å². The third-order valence-electron chi connectivity index (χ3n) is 3.69. The first-order valence-corrected chi connectivity index (χ1v) is 6.12. The molecule has 2 saturated carbocycles. The Hall–Kier alpha value is -0.570. The number of methoxy groups -OCH3 is 1. The first kappa shape index (κ1) is 10.9. The maximum Gasteiger partial charge on any atom is 0.323 e. The van der Waals surface area contributed by atoms with Crippen LogP contribution < -0.4 is 5.32 Å². The predicted molar refractivity (Wildman–Crippen MR) is 58.5 cm³/mol. The molecule has 0 bridgehead atoms. The number of nitrogens with one attached hydrogen (secondary N) is 1. The van der Waals surface area contributed by atoms with Gasteiger partial charge in [-0.2, -0.15) is 0 Å². The molecule has 1 N–H and O–H groups in total. The van der Waals surface area contributed by atoms with Gasteiger partial charge in [0.05, 0.1) is 7.11 Å². The normalized spacial score (nSPS) is 23.3. The maximum atomic E-state index is 11.5. The van der Waals surface area contributed by atoms with Gasteiger partial charge in [0.1, 0.15) is 6.04 Å². The lowest BCUT2D eigenvalue weighted by atomic mass is 9.83. The van der Waals surface area contributed by atoms with Crippen LogP contribution in [0.4, 0.5) is 0 Å². The second kappa shape index (κ2) is 4.97. The quantitative estimate of drug-likeness (QED) is 0.680. The molecule has 0 saturated heterocycles. The van der Waals surface area contributed by atoms with Crippen molar-refractivity contribution in [2.45, 2.75) is 44.6 Å². The molecule has 2 fully saturated rings. The average Bonchev–Trinajstić information content (AvgIpc) is 2.98. The third kappa shape index (κ3) is 2.94. The van der Waals surface area contributed by atoms with Crippen molar-refractivity contribution < 1.29 is 9.53 Å². The standard InChI is InChI=1S/C12H21NO2/c1-15-12(14)11(10-5-6-10)13-8-7-9-3-2-4-9/h9-11,13H,2-8H2,1H3. The number of carbonyl (C=O) groups excluding carboxylic acids is 1. The zero-order valence-electron chi connectivity index (χ0n) is 9.50. The first-order valence-electron chi connectivity index (χ1n) is 6.12. The van der Waals surface area contributed by atoms with E-state index in [-0.39, 0.29) is 12.0 Å². The SMILES string of the molecule is COC(=O)C(NCCC1CCC1)C1CC1. The van der Waals surface area contributed by atoms with Gasteiger partial charge in [0, 0.05) is 0 Å². The summed E-state index contributed by atoms with van der Waals surface area (Å²) in [7, 11) is 1.48. The molecule has 0 spiro atoms. The van der Waals surface area contributed by atoms with Gasteiger partial charge >= 0.3 is 5.97 Å². The van der Waals surface area contributed by atoms with Gasteiger partial charge in [-0.1, -0.05) is 19.3 Å². The van der Waals surface area contributed by atoms with Gasteiger partial charge in [-0.15, -0.1) is 0 Å². The number of carbonyl (C=O) groups is 1. The van der Waals surface area contributed by atoms with E-state index >= 15 is 0 Å². The number of hydrogen-bond donors (Lipinski definition) is 1. The smallest absolute Gasteiger partial charge is 0.323 e. The van der Waals surface area contributed by atoms with Crippen molar-refractivity contribution in [3.05, 3.63) is 0 Å². The van der Waals surface area contributed by atoms with Crippen LogP contribution in [0.25, 0.3) is 0 Å². The van der Waals surface area contributed by atoms with E-state index in [1.54, 1.807) is 0 Å². The van der Waals surface area contributed by atoms with Crippen molar-refractivity contribution >= 4 is 5.97 Å². The van der Waals surface area contributed by atoms with E-state index in [1.807, 2.05) is 0 Å². The van der Waals surface area contributed by atoms with Crippen LogP contribution in [0.3, 0.4) is 0 Å². The molecule has 0 radical (unpaired) electrons. The van der Waals surface area contributed by atoms with Gasteiger partial charge in [0.15, 0.2) is 0 Å². The number of ether oxygens (including phenoxy) is 1. The van der Waals surface area contributed by atoms with Crippen molar-refractivity contribution in [3.8, 4) is 0 Å². The number of rotatable bonds is 6. The number of hydrogen-bond acceptors (Lipinski definition) is 3. The molecule has 1 unspecified atom stereocenters. The van der Waals surface area contributed by atoms with Crippen molar-refractivity contribution in [3.63, 3.8) is 0 Å². The van der Waals surface area contributed by atoms with E-state index < -0.39 is 0 Å². The van der Waals surface area contributed by atoms with Crippen LogP contribution in [0.2, 0.25) is 0 Å². The second-order valence-corrected chi connectivity index (χ2v) is 4.88. The molecule has 3 nitrogen and oxygen atoms in total. The Balaban J connectivity index is 1.66. The third-order valence-corrected chi connectivity index (χ3v) is 3.69. The van der Waals surface area contributed by atoms with E-state index in [2.05, 4.69) is 5.32 Å². The topological polar surface area (TPSA) is 38.3 Å². The summed E-state index contributed by atoms with van der Waals surface area (Å²) in [5, 5.41) is 3.36. The van der Waals surface area contributed by atoms with Crippen LogP contribution in [-0.4, -0.2) is 25.7 Å². The van der Waals surface area contributed by atoms with Gasteiger partial charge in [0.2, 0.25) is 0 Å². The Morgan fingerprint density at radius 3 is 2.60 bits per heavy atom. The molecular formula is C12H21NO2. The van der Waals surface area contributed by atoms with Crippen LogP contribution in [-0.2, 0) is 9.53 Å². The van der Waals surface area contributed by atoms with Crippen molar-refractivity contribution in [1.29, 1.82) is 0 Å². The lowest BCUT2D eigenvalue weighted by Gasteiger charge is -2.26. The summed E-state index contributed by atoms with van der Waals surface area (Å²) in [4.78, 5) is 11.5. The van der Waals surface area contributed by atoms with E-state index in [0.717, 1.165) is 12.5 Å². The van der Waals surface area contributed by atoms with E-state index in [0.29, 0.717) is 5.92 Å². The molecule has 0 heterocycles. The largest absolute Gasteiger partial charge is 0.468 e. The average molecular weight is 211 g/mol. The molecule has 86 valence electrons. The van der Waals surface area contributed by atoms with Gasteiger partial charge in [0.25, 0.3) is 0 Å². The molecule has 3 heteroatoms. The summed E-state index contributed by atoms with van der Waals surface area (Å²) >= 11 is 0. The monoisotopic (exact) mass is 211 g/mol. The summed E-state index contributed by atoms with van der Waals surface area (Å²) in [5.41, 5.74) is 0. The Morgan fingerprint density at radius 1 is 1.40 bits per heavy atom. The minimum atomic E-state index is -0.0777. The molecule has 0 aromatic rings. The molecule has 0 amide bonds. The first-order chi connectivity index (χ1) is 7.31. The molecular weight excluding hydrogens is 190 g/mol. The minimum absolute atomic E-state index is 0.0323. The molecule has 0 aliphatic heterocycles. The summed E-state index contributed by atoms with van der Waals surface area (Å²) in [5.74, 6) is 1.37. The van der Waals surface area contributed by atoms with Gasteiger partial charge < -0.3 is 10.1 Å². The maximum absolute atomic E-state index is 11.5. The molecule has 2 rings (SSSR count). The molecule has 0 aromatic carbocycles. The highest BCUT2D eigenvalue weighted by Crippen LogP contribution is 2.33. The lowest BCUT2D eigenvalue weighted by molar-refractivity contribution is -0.143. The molecule has 0 aromatic heterocycles. The predicted octanol–water partition coefficient (Wildman–Crippen LogP) is 1.72. The zero-order valence-corrected chi connectivity index (χ0v) is 9.50. The van der Waals surface area contributed by atoms with Crippen molar-refractivity contribution in [2.75, 3.05) is 13.7 Å². The highest BCUT2D eigenvalue weighted by molar-refractivity contribution is 5.76. The second-order valence-electron chi connectivity index (χ2n) is 4.88. The summed E-state index contributed by atoms with van der Waals surface area (Å²) in [6, 6.07) is -0.0323. The summed E-state index contributed by atoms with van der Waals surface area (Å²) < 4.78 is 4.81.